The third kappa shape index (κ3) is 3.10. The van der Waals surface area contributed by atoms with Crippen LogP contribution >= 0.6 is 0 Å². The molecule has 1 aromatic carbocycles. The Morgan fingerprint density at radius 1 is 1.33 bits per heavy atom. The minimum absolute atomic E-state index is 0.330. The highest BCUT2D eigenvalue weighted by Crippen LogP contribution is 2.41. The van der Waals surface area contributed by atoms with E-state index in [1.54, 1.807) is 0 Å². The van der Waals surface area contributed by atoms with Crippen LogP contribution in [0.1, 0.15) is 12.8 Å². The third-order valence-electron chi connectivity index (χ3n) is 3.64. The van der Waals surface area contributed by atoms with Crippen LogP contribution in [0.15, 0.2) is 18.2 Å². The van der Waals surface area contributed by atoms with E-state index in [1.165, 1.54) is 12.1 Å². The predicted molar refractivity (Wildman–Crippen MR) is 65.1 cm³/mol. The minimum atomic E-state index is -4.99. The second kappa shape index (κ2) is 4.87. The molecule has 2 aliphatic rings. The molecule has 2 N–H and O–H groups in total. The number of anilines is 1. The predicted octanol–water partition coefficient (Wildman–Crippen LogP) is 2.41. The number of carbonyl (C=O) groups is 1. The van der Waals surface area contributed by atoms with Crippen molar-refractivity contribution in [1.29, 1.82) is 0 Å². The van der Waals surface area contributed by atoms with Crippen molar-refractivity contribution in [3.8, 4) is 5.75 Å². The molecule has 0 spiro atoms. The zero-order chi connectivity index (χ0) is 15.2. The van der Waals surface area contributed by atoms with Gasteiger partial charge in [0.1, 0.15) is 0 Å². The Morgan fingerprint density at radius 3 is 2.71 bits per heavy atom. The molecule has 3 atom stereocenters. The second-order valence-electron chi connectivity index (χ2n) is 5.21. The number of piperidine rings is 1. The number of nitrogens with one attached hydrogen (secondary N) is 2. The summed E-state index contributed by atoms with van der Waals surface area (Å²) in [7, 11) is 0. The molecule has 0 radical (unpaired) electrons. The lowest BCUT2D eigenvalue weighted by Crippen LogP contribution is -2.38. The Bertz CT molecular complexity index is 566. The molecular weight excluding hydrogens is 292 g/mol. The average Bonchev–Trinajstić information content (AvgIpc) is 2.99. The van der Waals surface area contributed by atoms with Gasteiger partial charge < -0.3 is 15.4 Å². The van der Waals surface area contributed by atoms with Gasteiger partial charge in [-0.2, -0.15) is 0 Å². The van der Waals surface area contributed by atoms with Crippen molar-refractivity contribution in [2.45, 2.75) is 31.3 Å². The highest BCUT2D eigenvalue weighted by Gasteiger charge is 2.47. The number of ether oxygens (including phenoxy) is 1. The molecule has 21 heavy (non-hydrogen) atoms. The zero-order valence-corrected chi connectivity index (χ0v) is 10.7. The molecule has 1 heterocycles. The molecule has 3 rings (SSSR count). The van der Waals surface area contributed by atoms with E-state index in [-0.39, 0.29) is 5.69 Å². The van der Waals surface area contributed by atoms with Gasteiger partial charge in [-0.25, -0.2) is 4.39 Å². The van der Waals surface area contributed by atoms with Gasteiger partial charge in [0.25, 0.3) is 0 Å². The molecule has 1 unspecified atom stereocenters. The summed E-state index contributed by atoms with van der Waals surface area (Å²) in [6.07, 6.45) is -3.29. The lowest BCUT2D eigenvalue weighted by atomic mass is 10.1. The van der Waals surface area contributed by atoms with E-state index in [9.17, 15) is 22.4 Å². The molecule has 2 fully saturated rings. The van der Waals surface area contributed by atoms with E-state index in [0.717, 1.165) is 12.5 Å². The normalized spacial score (nSPS) is 27.1. The van der Waals surface area contributed by atoms with Crippen molar-refractivity contribution in [3.63, 3.8) is 0 Å². The van der Waals surface area contributed by atoms with E-state index in [2.05, 4.69) is 15.4 Å². The Balaban J connectivity index is 1.70. The number of hydrogen-bond acceptors (Lipinski definition) is 3. The van der Waals surface area contributed by atoms with Gasteiger partial charge in [0.15, 0.2) is 11.6 Å². The minimum Gasteiger partial charge on any atom is -0.403 e. The number of fused-ring (bicyclic) bond motifs is 1. The van der Waals surface area contributed by atoms with Gasteiger partial charge in [-0.1, -0.05) is 6.07 Å². The van der Waals surface area contributed by atoms with E-state index >= 15 is 0 Å². The van der Waals surface area contributed by atoms with Gasteiger partial charge in [0.05, 0.1) is 11.7 Å². The van der Waals surface area contributed by atoms with Crippen LogP contribution in [0.25, 0.3) is 0 Å². The monoisotopic (exact) mass is 304 g/mol. The van der Waals surface area contributed by atoms with E-state index in [1.807, 2.05) is 0 Å². The fourth-order valence-electron chi connectivity index (χ4n) is 2.55. The molecule has 0 aromatic heterocycles. The van der Waals surface area contributed by atoms with E-state index in [0.29, 0.717) is 18.4 Å². The third-order valence-corrected chi connectivity index (χ3v) is 3.64. The number of rotatable bonds is 3. The highest BCUT2D eigenvalue weighted by molar-refractivity contribution is 5.95. The second-order valence-corrected chi connectivity index (χ2v) is 5.21. The molecule has 1 saturated carbocycles. The summed E-state index contributed by atoms with van der Waals surface area (Å²) >= 11 is 0. The van der Waals surface area contributed by atoms with Crippen LogP contribution < -0.4 is 15.4 Å². The number of carbonyl (C=O) groups excluding carboxylic acids is 1. The van der Waals surface area contributed by atoms with Crippen LogP contribution in [0, 0.1) is 11.7 Å². The summed E-state index contributed by atoms with van der Waals surface area (Å²) < 4.78 is 53.8. The van der Waals surface area contributed by atoms with Gasteiger partial charge in [-0.3, -0.25) is 4.79 Å². The van der Waals surface area contributed by atoms with Crippen molar-refractivity contribution in [2.75, 3.05) is 5.32 Å². The van der Waals surface area contributed by atoms with Crippen molar-refractivity contribution >= 4 is 11.6 Å². The smallest absolute Gasteiger partial charge is 0.403 e. The number of benzene rings is 1. The van der Waals surface area contributed by atoms with E-state index < -0.39 is 29.9 Å². The fourth-order valence-corrected chi connectivity index (χ4v) is 2.55. The molecule has 1 aliphatic heterocycles. The highest BCUT2D eigenvalue weighted by atomic mass is 19.4. The number of amides is 1. The average molecular weight is 304 g/mol. The van der Waals surface area contributed by atoms with Crippen molar-refractivity contribution < 1.29 is 27.1 Å². The summed E-state index contributed by atoms with van der Waals surface area (Å²) in [5.41, 5.74) is -0.330. The molecule has 4 nitrogen and oxygen atoms in total. The van der Waals surface area contributed by atoms with Gasteiger partial charge in [-0.05, 0) is 30.9 Å². The number of alkyl halides is 3. The molecule has 114 valence electrons. The maximum atomic E-state index is 13.9. The summed E-state index contributed by atoms with van der Waals surface area (Å²) in [5.74, 6) is -2.19. The lowest BCUT2D eigenvalue weighted by Gasteiger charge is -2.15. The Kier molecular flexibility index (Phi) is 3.27. The quantitative estimate of drug-likeness (QED) is 0.843. The first-order valence-corrected chi connectivity index (χ1v) is 6.44. The van der Waals surface area contributed by atoms with E-state index in [4.69, 9.17) is 0 Å². The molecular formula is C13H12F4N2O2. The van der Waals surface area contributed by atoms with Gasteiger partial charge in [0, 0.05) is 6.04 Å². The lowest BCUT2D eigenvalue weighted by molar-refractivity contribution is -0.275. The van der Waals surface area contributed by atoms with Crippen LogP contribution in [0.2, 0.25) is 0 Å². The zero-order valence-electron chi connectivity index (χ0n) is 10.7. The summed E-state index contributed by atoms with van der Waals surface area (Å²) in [6.45, 7) is 0. The first-order valence-electron chi connectivity index (χ1n) is 6.44. The Hall–Kier alpha value is -1.83. The largest absolute Gasteiger partial charge is 0.573 e. The topological polar surface area (TPSA) is 50.4 Å². The SMILES string of the molecule is O=C(Nc1cccc(OC(F)(F)F)c1F)[C@@H]1CC2C[C@H]2N1. The van der Waals surface area contributed by atoms with Crippen LogP contribution in [-0.4, -0.2) is 24.4 Å². The molecule has 0 bridgehead atoms. The van der Waals surface area contributed by atoms with Crippen molar-refractivity contribution in [3.05, 3.63) is 24.0 Å². The summed E-state index contributed by atoms with van der Waals surface area (Å²) in [4.78, 5) is 11.9. The molecule has 1 aromatic rings. The van der Waals surface area contributed by atoms with Crippen molar-refractivity contribution in [1.82, 2.24) is 5.32 Å². The van der Waals surface area contributed by atoms with Crippen molar-refractivity contribution in [2.24, 2.45) is 5.92 Å². The number of halogens is 4. The number of hydrogen-bond donors (Lipinski definition) is 2. The van der Waals surface area contributed by atoms with Crippen LogP contribution in [0.3, 0.4) is 0 Å². The van der Waals surface area contributed by atoms with Crippen LogP contribution in [0.4, 0.5) is 23.2 Å². The van der Waals surface area contributed by atoms with Gasteiger partial charge >= 0.3 is 6.36 Å². The molecule has 1 amide bonds. The molecule has 8 heteroatoms. The van der Waals surface area contributed by atoms with Gasteiger partial charge in [-0.15, -0.1) is 13.2 Å². The van der Waals surface area contributed by atoms with Gasteiger partial charge in [0.2, 0.25) is 5.91 Å². The summed E-state index contributed by atoms with van der Waals surface area (Å²) in [6, 6.07) is 3.12. The Morgan fingerprint density at radius 2 is 2.10 bits per heavy atom. The van der Waals surface area contributed by atoms with Crippen LogP contribution in [0.5, 0.6) is 5.75 Å². The Labute approximate surface area is 117 Å². The standard InChI is InChI=1S/C13H12F4N2O2/c14-11-7(2-1-3-10(11)21-13(15,16)17)19-12(20)9-5-6-4-8(6)18-9/h1-3,6,8-9,18H,4-5H2,(H,19,20)/t6?,8-,9+/m1/s1. The molecule has 1 saturated heterocycles. The first kappa shape index (κ1) is 14.1. The first-order chi connectivity index (χ1) is 9.83. The summed E-state index contributed by atoms with van der Waals surface area (Å²) in [5, 5.41) is 5.37. The molecule has 1 aliphatic carbocycles. The van der Waals surface area contributed by atoms with Crippen LogP contribution in [-0.2, 0) is 4.79 Å². The maximum absolute atomic E-state index is 13.9. The maximum Gasteiger partial charge on any atom is 0.573 e. The fraction of sp³-hybridized carbons (Fsp3) is 0.462.